The molecule has 2 aromatic rings. The third-order valence-electron chi connectivity index (χ3n) is 6.29. The molecule has 0 unspecified atom stereocenters. The van der Waals surface area contributed by atoms with E-state index in [1.165, 1.54) is 26.2 Å². The molecule has 1 saturated carbocycles. The second-order valence-electron chi connectivity index (χ2n) is 8.54. The lowest BCUT2D eigenvalue weighted by Gasteiger charge is -2.44. The smallest absolute Gasteiger partial charge is 0.252 e. The Bertz CT molecular complexity index is 1110. The average molecular weight is 500 g/mol. The summed E-state index contributed by atoms with van der Waals surface area (Å²) in [6.07, 6.45) is 4.40. The van der Waals surface area contributed by atoms with Gasteiger partial charge < -0.3 is 10.0 Å². The molecule has 1 aliphatic heterocycles. The standard InChI is InChI=1S/C21H29N3O5S3/c1-31(26,27)23(14-17-4-2-5-17)16-19-15-22(32(28,29)21-6-3-13-30-21)11-12-24(19)18-7-9-20(25)10-8-18/h3,6-10,13,17,19,25H,2,4-5,11-12,14-16H2,1H3/t19-/m1/s1. The minimum absolute atomic E-state index is 0.145. The fourth-order valence-electron chi connectivity index (χ4n) is 4.27. The second kappa shape index (κ2) is 9.30. The minimum Gasteiger partial charge on any atom is -0.508 e. The van der Waals surface area contributed by atoms with Gasteiger partial charge in [-0.25, -0.2) is 16.8 Å². The Kier molecular flexibility index (Phi) is 6.83. The Balaban J connectivity index is 1.62. The van der Waals surface area contributed by atoms with Gasteiger partial charge >= 0.3 is 0 Å². The van der Waals surface area contributed by atoms with E-state index in [1.807, 2.05) is 0 Å². The Hall–Kier alpha value is -1.66. The molecule has 2 aliphatic rings. The van der Waals surface area contributed by atoms with Crippen molar-refractivity contribution in [1.82, 2.24) is 8.61 Å². The second-order valence-corrected chi connectivity index (χ2v) is 13.6. The van der Waals surface area contributed by atoms with Crippen LogP contribution in [0, 0.1) is 5.92 Å². The third kappa shape index (κ3) is 5.12. The maximum Gasteiger partial charge on any atom is 0.252 e. The van der Waals surface area contributed by atoms with E-state index in [1.54, 1.807) is 41.8 Å². The van der Waals surface area contributed by atoms with E-state index >= 15 is 0 Å². The number of rotatable bonds is 8. The van der Waals surface area contributed by atoms with Crippen LogP contribution < -0.4 is 4.90 Å². The molecule has 2 fully saturated rings. The van der Waals surface area contributed by atoms with E-state index < -0.39 is 20.0 Å². The van der Waals surface area contributed by atoms with Gasteiger partial charge in [-0.1, -0.05) is 12.5 Å². The summed E-state index contributed by atoms with van der Waals surface area (Å²) in [5, 5.41) is 11.4. The number of phenolic OH excluding ortho intramolecular Hbond substituents is 1. The zero-order valence-electron chi connectivity index (χ0n) is 18.0. The van der Waals surface area contributed by atoms with E-state index in [-0.39, 0.29) is 24.9 Å². The first-order chi connectivity index (χ1) is 15.1. The van der Waals surface area contributed by atoms with E-state index in [4.69, 9.17) is 0 Å². The molecule has 32 heavy (non-hydrogen) atoms. The normalized spacial score (nSPS) is 21.1. The van der Waals surface area contributed by atoms with Crippen molar-refractivity contribution < 1.29 is 21.9 Å². The molecule has 0 radical (unpaired) electrons. The van der Waals surface area contributed by atoms with Crippen LogP contribution in [0.25, 0.3) is 0 Å². The molecule has 2 heterocycles. The van der Waals surface area contributed by atoms with Crippen LogP contribution in [0.15, 0.2) is 46.0 Å². The highest BCUT2D eigenvalue weighted by molar-refractivity contribution is 7.91. The SMILES string of the molecule is CS(=O)(=O)N(CC1CCC1)C[C@H]1CN(S(=O)(=O)c2cccs2)CCN1c1ccc(O)cc1. The first kappa shape index (κ1) is 23.5. The summed E-state index contributed by atoms with van der Waals surface area (Å²) in [5.41, 5.74) is 0.832. The van der Waals surface area contributed by atoms with E-state index in [2.05, 4.69) is 4.90 Å². The minimum atomic E-state index is -3.63. The molecule has 4 rings (SSSR count). The van der Waals surface area contributed by atoms with Crippen LogP contribution in [0.2, 0.25) is 0 Å². The Morgan fingerprint density at radius 2 is 1.78 bits per heavy atom. The van der Waals surface area contributed by atoms with Gasteiger partial charge in [-0.15, -0.1) is 11.3 Å². The van der Waals surface area contributed by atoms with Gasteiger partial charge in [0.1, 0.15) is 9.96 Å². The number of aromatic hydroxyl groups is 1. The molecule has 176 valence electrons. The summed E-state index contributed by atoms with van der Waals surface area (Å²) in [6.45, 7) is 1.61. The zero-order valence-corrected chi connectivity index (χ0v) is 20.4. The summed E-state index contributed by atoms with van der Waals surface area (Å²) in [6, 6.07) is 9.70. The van der Waals surface area contributed by atoms with Crippen molar-refractivity contribution in [2.45, 2.75) is 29.5 Å². The number of nitrogens with zero attached hydrogens (tertiary/aromatic N) is 3. The molecule has 1 N–H and O–H groups in total. The van der Waals surface area contributed by atoms with Gasteiger partial charge in [0.15, 0.2) is 0 Å². The summed E-state index contributed by atoms with van der Waals surface area (Å²) in [7, 11) is -7.08. The van der Waals surface area contributed by atoms with Crippen molar-refractivity contribution >= 4 is 37.1 Å². The zero-order chi connectivity index (χ0) is 22.9. The number of sulfonamides is 2. The van der Waals surface area contributed by atoms with Crippen molar-refractivity contribution in [2.75, 3.05) is 43.9 Å². The Morgan fingerprint density at radius 1 is 1.06 bits per heavy atom. The predicted octanol–water partition coefficient (Wildman–Crippen LogP) is 2.39. The van der Waals surface area contributed by atoms with Crippen LogP contribution in [-0.4, -0.2) is 75.6 Å². The topological polar surface area (TPSA) is 98.2 Å². The molecule has 0 spiro atoms. The number of anilines is 1. The van der Waals surface area contributed by atoms with Crippen LogP contribution in [0.1, 0.15) is 19.3 Å². The maximum absolute atomic E-state index is 13.2. The highest BCUT2D eigenvalue weighted by atomic mass is 32.2. The molecule has 8 nitrogen and oxygen atoms in total. The van der Waals surface area contributed by atoms with Crippen molar-refractivity contribution in [1.29, 1.82) is 0 Å². The van der Waals surface area contributed by atoms with Crippen LogP contribution in [0.4, 0.5) is 5.69 Å². The summed E-state index contributed by atoms with van der Waals surface area (Å²) in [5.74, 6) is 0.508. The van der Waals surface area contributed by atoms with Crippen molar-refractivity contribution in [3.05, 3.63) is 41.8 Å². The van der Waals surface area contributed by atoms with Crippen LogP contribution in [-0.2, 0) is 20.0 Å². The number of piperazine rings is 1. The molecule has 1 aromatic carbocycles. The number of phenols is 1. The number of thiophene rings is 1. The van der Waals surface area contributed by atoms with E-state index in [9.17, 15) is 21.9 Å². The molecule has 11 heteroatoms. The Labute approximate surface area is 194 Å². The number of hydrogen-bond acceptors (Lipinski definition) is 7. The first-order valence-corrected chi connectivity index (χ1v) is 14.9. The third-order valence-corrected chi connectivity index (χ3v) is 10.8. The van der Waals surface area contributed by atoms with Crippen LogP contribution in [0.3, 0.4) is 0 Å². The van der Waals surface area contributed by atoms with Gasteiger partial charge in [0.25, 0.3) is 10.0 Å². The molecular formula is C21H29N3O5S3. The van der Waals surface area contributed by atoms with Gasteiger partial charge in [0.05, 0.1) is 12.3 Å². The Morgan fingerprint density at radius 3 is 2.34 bits per heavy atom. The first-order valence-electron chi connectivity index (χ1n) is 10.7. The van der Waals surface area contributed by atoms with E-state index in [0.29, 0.717) is 29.8 Å². The predicted molar refractivity (Wildman–Crippen MR) is 126 cm³/mol. The quantitative estimate of drug-likeness (QED) is 0.599. The molecule has 1 saturated heterocycles. The fraction of sp³-hybridized carbons (Fsp3) is 0.524. The molecule has 1 aliphatic carbocycles. The van der Waals surface area contributed by atoms with E-state index in [0.717, 1.165) is 24.9 Å². The van der Waals surface area contributed by atoms with Crippen LogP contribution >= 0.6 is 11.3 Å². The largest absolute Gasteiger partial charge is 0.508 e. The van der Waals surface area contributed by atoms with Crippen LogP contribution in [0.5, 0.6) is 5.75 Å². The van der Waals surface area contributed by atoms with Gasteiger partial charge in [-0.3, -0.25) is 0 Å². The van der Waals surface area contributed by atoms with Crippen molar-refractivity contribution in [2.24, 2.45) is 5.92 Å². The average Bonchev–Trinajstić information content (AvgIpc) is 3.25. The molecule has 1 aromatic heterocycles. The van der Waals surface area contributed by atoms with Gasteiger partial charge in [-0.2, -0.15) is 8.61 Å². The van der Waals surface area contributed by atoms with Crippen molar-refractivity contribution in [3.8, 4) is 5.75 Å². The maximum atomic E-state index is 13.2. The lowest BCUT2D eigenvalue weighted by atomic mass is 9.85. The number of hydrogen-bond donors (Lipinski definition) is 1. The summed E-state index contributed by atoms with van der Waals surface area (Å²) in [4.78, 5) is 2.05. The van der Waals surface area contributed by atoms with Gasteiger partial charge in [0.2, 0.25) is 10.0 Å². The lowest BCUT2D eigenvalue weighted by Crippen LogP contribution is -2.59. The number of benzene rings is 1. The molecular weight excluding hydrogens is 470 g/mol. The van der Waals surface area contributed by atoms with Gasteiger partial charge in [0, 0.05) is 38.4 Å². The van der Waals surface area contributed by atoms with Gasteiger partial charge in [-0.05, 0) is 54.5 Å². The lowest BCUT2D eigenvalue weighted by molar-refractivity contribution is 0.224. The fourth-order valence-corrected chi connectivity index (χ4v) is 7.80. The highest BCUT2D eigenvalue weighted by Gasteiger charge is 2.37. The molecule has 1 atom stereocenters. The molecule has 0 amide bonds. The summed E-state index contributed by atoms with van der Waals surface area (Å²) < 4.78 is 54.7. The highest BCUT2D eigenvalue weighted by Crippen LogP contribution is 2.30. The molecule has 0 bridgehead atoms. The monoisotopic (exact) mass is 499 g/mol. The van der Waals surface area contributed by atoms with Crippen molar-refractivity contribution in [3.63, 3.8) is 0 Å². The summed E-state index contributed by atoms with van der Waals surface area (Å²) >= 11 is 1.18.